The van der Waals surface area contributed by atoms with Gasteiger partial charge in [-0.25, -0.2) is 14.8 Å². The lowest BCUT2D eigenvalue weighted by Crippen LogP contribution is -2.49. The highest BCUT2D eigenvalue weighted by molar-refractivity contribution is 6.74. The number of nitrogens with zero attached hydrogens (tertiary/aromatic N) is 4. The highest BCUT2D eigenvalue weighted by Crippen LogP contribution is 2.38. The topological polar surface area (TPSA) is 99.8 Å². The van der Waals surface area contributed by atoms with E-state index in [1.54, 1.807) is 11.9 Å². The third-order valence-corrected chi connectivity index (χ3v) is 12.2. The molecule has 0 saturated carbocycles. The van der Waals surface area contributed by atoms with E-state index in [1.807, 2.05) is 65.8 Å². The van der Waals surface area contributed by atoms with Gasteiger partial charge in [0.2, 0.25) is 0 Å². The molecule has 0 bridgehead atoms. The van der Waals surface area contributed by atoms with Crippen LogP contribution in [0, 0.1) is 20.8 Å². The van der Waals surface area contributed by atoms with Gasteiger partial charge in [0.05, 0.1) is 29.6 Å². The molecule has 0 aliphatic heterocycles. The molecule has 0 N–H and O–H groups in total. The number of halogens is 1. The van der Waals surface area contributed by atoms with Crippen molar-refractivity contribution in [3.8, 4) is 28.4 Å². The molecule has 3 rings (SSSR count). The summed E-state index contributed by atoms with van der Waals surface area (Å²) in [6.07, 6.45) is -0.779. The highest BCUT2D eigenvalue weighted by Gasteiger charge is 2.40. The van der Waals surface area contributed by atoms with Crippen molar-refractivity contribution in [1.82, 2.24) is 20.0 Å². The molecule has 1 atom stereocenters. The minimum absolute atomic E-state index is 0.0172. The molecule has 0 aliphatic rings. The summed E-state index contributed by atoms with van der Waals surface area (Å²) in [5.74, 6) is 1.75. The van der Waals surface area contributed by atoms with E-state index in [-0.39, 0.29) is 17.7 Å². The SMILES string of the molecule is Cc1noc(C)c1-c1nc(-c2cccc(OC[C@H](CN(C)C(=O)OC(C)(C)C)O[Si](C)(C)C(C)(C)C)c2)nc(Cl)c1C. The van der Waals surface area contributed by atoms with E-state index < -0.39 is 20.0 Å². The number of rotatable bonds is 9. The first-order valence-electron chi connectivity index (χ1n) is 14.1. The fourth-order valence-corrected chi connectivity index (χ4v) is 5.53. The Morgan fingerprint density at radius 1 is 1.10 bits per heavy atom. The van der Waals surface area contributed by atoms with Crippen molar-refractivity contribution >= 4 is 26.0 Å². The van der Waals surface area contributed by atoms with Gasteiger partial charge < -0.3 is 23.3 Å². The van der Waals surface area contributed by atoms with Gasteiger partial charge in [0.25, 0.3) is 0 Å². The third-order valence-electron chi connectivity index (χ3n) is 7.33. The smallest absolute Gasteiger partial charge is 0.410 e. The van der Waals surface area contributed by atoms with Gasteiger partial charge in [-0.05, 0) is 71.8 Å². The number of amides is 1. The van der Waals surface area contributed by atoms with Gasteiger partial charge in [0, 0.05) is 18.2 Å². The Morgan fingerprint density at radius 3 is 2.33 bits per heavy atom. The van der Waals surface area contributed by atoms with E-state index in [4.69, 9.17) is 35.0 Å². The normalized spacial score (nSPS) is 13.2. The number of benzene rings is 1. The van der Waals surface area contributed by atoms with E-state index in [2.05, 4.69) is 44.0 Å². The van der Waals surface area contributed by atoms with Gasteiger partial charge >= 0.3 is 6.09 Å². The molecule has 0 aliphatic carbocycles. The molecule has 230 valence electrons. The zero-order valence-electron chi connectivity index (χ0n) is 27.0. The second-order valence-corrected chi connectivity index (χ2v) is 18.3. The summed E-state index contributed by atoms with van der Waals surface area (Å²) >= 11 is 6.56. The molecule has 2 aromatic heterocycles. The average Bonchev–Trinajstić information content (AvgIpc) is 3.20. The second-order valence-electron chi connectivity index (χ2n) is 13.2. The molecule has 11 heteroatoms. The van der Waals surface area contributed by atoms with E-state index in [1.165, 1.54) is 0 Å². The second kappa shape index (κ2) is 12.7. The first-order valence-corrected chi connectivity index (χ1v) is 17.4. The molecule has 1 aromatic carbocycles. The van der Waals surface area contributed by atoms with Gasteiger partial charge in [0.1, 0.15) is 28.9 Å². The first-order chi connectivity index (χ1) is 19.3. The average molecular weight is 617 g/mol. The number of hydrogen-bond acceptors (Lipinski definition) is 8. The Morgan fingerprint density at radius 2 is 1.76 bits per heavy atom. The Balaban J connectivity index is 1.87. The van der Waals surface area contributed by atoms with E-state index in [0.29, 0.717) is 34.7 Å². The molecule has 9 nitrogen and oxygen atoms in total. The van der Waals surface area contributed by atoms with Crippen LogP contribution in [0.2, 0.25) is 23.3 Å². The number of likely N-dealkylation sites (N-methyl/N-ethyl adjacent to an activating group) is 1. The lowest BCUT2D eigenvalue weighted by atomic mass is 10.1. The minimum Gasteiger partial charge on any atom is -0.491 e. The molecule has 42 heavy (non-hydrogen) atoms. The number of carbonyl (C=O) groups excluding carboxylic acids is 1. The van der Waals surface area contributed by atoms with Gasteiger partial charge in [-0.3, -0.25) is 0 Å². The van der Waals surface area contributed by atoms with Crippen LogP contribution in [0.15, 0.2) is 28.8 Å². The molecule has 2 heterocycles. The summed E-state index contributed by atoms with van der Waals surface area (Å²) in [6.45, 7) is 22.6. The number of ether oxygens (including phenoxy) is 2. The lowest BCUT2D eigenvalue weighted by Gasteiger charge is -2.40. The summed E-state index contributed by atoms with van der Waals surface area (Å²) in [7, 11) is -0.464. The number of aromatic nitrogens is 3. The van der Waals surface area contributed by atoms with Crippen LogP contribution in [0.5, 0.6) is 5.75 Å². The van der Waals surface area contributed by atoms with Crippen LogP contribution < -0.4 is 4.74 Å². The van der Waals surface area contributed by atoms with Crippen molar-refractivity contribution in [3.63, 3.8) is 0 Å². The van der Waals surface area contributed by atoms with Crippen LogP contribution in [0.1, 0.15) is 58.6 Å². The van der Waals surface area contributed by atoms with Gasteiger partial charge in [-0.15, -0.1) is 0 Å². The molecule has 0 fully saturated rings. The van der Waals surface area contributed by atoms with E-state index >= 15 is 0 Å². The zero-order chi connectivity index (χ0) is 31.6. The Bertz CT molecular complexity index is 1390. The van der Waals surface area contributed by atoms with Crippen molar-refractivity contribution in [3.05, 3.63) is 46.4 Å². The van der Waals surface area contributed by atoms with Crippen molar-refractivity contribution < 1.29 is 23.2 Å². The minimum atomic E-state index is -2.18. The van der Waals surface area contributed by atoms with E-state index in [0.717, 1.165) is 22.4 Å². The highest BCUT2D eigenvalue weighted by atomic mass is 35.5. The summed E-state index contributed by atoms with van der Waals surface area (Å²) in [6, 6.07) is 7.54. The van der Waals surface area contributed by atoms with Crippen molar-refractivity contribution in [2.75, 3.05) is 20.2 Å². The van der Waals surface area contributed by atoms with Crippen LogP contribution in [-0.2, 0) is 9.16 Å². The Hall–Kier alpha value is -2.95. The van der Waals surface area contributed by atoms with Crippen molar-refractivity contribution in [2.45, 2.75) is 92.2 Å². The number of hydrogen-bond donors (Lipinski definition) is 0. The van der Waals surface area contributed by atoms with Crippen molar-refractivity contribution in [1.29, 1.82) is 0 Å². The fourth-order valence-electron chi connectivity index (χ4n) is 4.03. The van der Waals surface area contributed by atoms with E-state index in [9.17, 15) is 4.79 Å². The first kappa shape index (κ1) is 33.5. The maximum Gasteiger partial charge on any atom is 0.410 e. The van der Waals surface area contributed by atoms with Crippen LogP contribution >= 0.6 is 11.6 Å². The van der Waals surface area contributed by atoms with Crippen LogP contribution in [0.4, 0.5) is 4.79 Å². The molecule has 3 aromatic rings. The quantitative estimate of drug-likeness (QED) is 0.176. The largest absolute Gasteiger partial charge is 0.491 e. The van der Waals surface area contributed by atoms with Gasteiger partial charge in [-0.1, -0.05) is 49.7 Å². The molecule has 0 unspecified atom stereocenters. The molecular formula is C31H45ClN4O5Si. The Kier molecular flexibility index (Phi) is 10.2. The molecule has 0 saturated heterocycles. The molecular weight excluding hydrogens is 572 g/mol. The fraction of sp³-hybridized carbons (Fsp3) is 0.548. The van der Waals surface area contributed by atoms with Gasteiger partial charge in [-0.2, -0.15) is 0 Å². The van der Waals surface area contributed by atoms with Gasteiger partial charge in [0.15, 0.2) is 14.1 Å². The number of aryl methyl sites for hydroxylation is 2. The maximum absolute atomic E-state index is 12.7. The predicted octanol–water partition coefficient (Wildman–Crippen LogP) is 8.01. The lowest BCUT2D eigenvalue weighted by molar-refractivity contribution is 0.0172. The standard InChI is InChI=1S/C31H45ClN4O5Si/c1-19-26(25-20(2)35-40-21(25)3)33-28(34-27(19)32)22-14-13-15-23(16-22)38-18-24(41-42(11,12)31(7,8)9)17-36(10)29(37)39-30(4,5)6/h13-16,24H,17-18H2,1-12H3/t24-/m0/s1. The zero-order valence-corrected chi connectivity index (χ0v) is 28.8. The Labute approximate surface area is 256 Å². The summed E-state index contributed by atoms with van der Waals surface area (Å²) < 4.78 is 23.9. The maximum atomic E-state index is 12.7. The molecule has 0 radical (unpaired) electrons. The van der Waals surface area contributed by atoms with Crippen LogP contribution in [0.3, 0.4) is 0 Å². The summed E-state index contributed by atoms with van der Waals surface area (Å²) in [5, 5.41) is 4.41. The van der Waals surface area contributed by atoms with Crippen LogP contribution in [-0.4, -0.2) is 66.3 Å². The predicted molar refractivity (Wildman–Crippen MR) is 169 cm³/mol. The number of carbonyl (C=O) groups is 1. The molecule has 1 amide bonds. The van der Waals surface area contributed by atoms with Crippen molar-refractivity contribution in [2.24, 2.45) is 0 Å². The van der Waals surface area contributed by atoms with Crippen LogP contribution in [0.25, 0.3) is 22.6 Å². The third kappa shape index (κ3) is 8.32. The monoisotopic (exact) mass is 616 g/mol. The summed E-state index contributed by atoms with van der Waals surface area (Å²) in [5.41, 5.74) is 3.13. The molecule has 0 spiro atoms. The summed E-state index contributed by atoms with van der Waals surface area (Å²) in [4.78, 5) is 23.6.